The molecule has 1 aliphatic rings. The molecule has 108 valence electrons. The standard InChI is InChI=1S/C16H28N2S/c1-3-5-7-12(4-2)10-14(18-17)16-11-13-8-6-9-15(13)19-16/h11-12,14,18H,3-10,17H2,1-2H3. The highest BCUT2D eigenvalue weighted by Crippen LogP contribution is 2.36. The molecule has 2 nitrogen and oxygen atoms in total. The summed E-state index contributed by atoms with van der Waals surface area (Å²) in [6.07, 6.45) is 10.3. The Labute approximate surface area is 121 Å². The summed E-state index contributed by atoms with van der Waals surface area (Å²) in [7, 11) is 0. The van der Waals surface area contributed by atoms with Gasteiger partial charge in [-0.2, -0.15) is 0 Å². The molecule has 0 fully saturated rings. The largest absolute Gasteiger partial charge is 0.271 e. The molecular formula is C16H28N2S. The quantitative estimate of drug-likeness (QED) is 0.549. The first kappa shape index (κ1) is 15.0. The number of aryl methyl sites for hydroxylation is 2. The van der Waals surface area contributed by atoms with E-state index in [4.69, 9.17) is 5.84 Å². The minimum Gasteiger partial charge on any atom is -0.271 e. The molecule has 1 aliphatic carbocycles. The highest BCUT2D eigenvalue weighted by atomic mass is 32.1. The van der Waals surface area contributed by atoms with E-state index in [9.17, 15) is 0 Å². The number of thiophene rings is 1. The van der Waals surface area contributed by atoms with E-state index < -0.39 is 0 Å². The van der Waals surface area contributed by atoms with Gasteiger partial charge in [0, 0.05) is 9.75 Å². The summed E-state index contributed by atoms with van der Waals surface area (Å²) in [6, 6.07) is 2.77. The van der Waals surface area contributed by atoms with E-state index in [0.717, 1.165) is 5.92 Å². The van der Waals surface area contributed by atoms with Gasteiger partial charge in [0.15, 0.2) is 0 Å². The van der Waals surface area contributed by atoms with Crippen molar-refractivity contribution < 1.29 is 0 Å². The van der Waals surface area contributed by atoms with Crippen molar-refractivity contribution >= 4 is 11.3 Å². The first-order valence-corrected chi connectivity index (χ1v) is 8.67. The minimum absolute atomic E-state index is 0.359. The smallest absolute Gasteiger partial charge is 0.0556 e. The first-order chi connectivity index (χ1) is 9.28. The van der Waals surface area contributed by atoms with Crippen LogP contribution in [0.5, 0.6) is 0 Å². The van der Waals surface area contributed by atoms with E-state index in [-0.39, 0.29) is 0 Å². The fourth-order valence-electron chi connectivity index (χ4n) is 3.10. The third-order valence-electron chi connectivity index (χ3n) is 4.42. The van der Waals surface area contributed by atoms with Gasteiger partial charge in [-0.1, -0.05) is 39.5 Å². The highest BCUT2D eigenvalue weighted by Gasteiger charge is 2.21. The van der Waals surface area contributed by atoms with Crippen LogP contribution in [-0.2, 0) is 12.8 Å². The van der Waals surface area contributed by atoms with Gasteiger partial charge in [0.1, 0.15) is 0 Å². The number of nitrogens with one attached hydrogen (secondary N) is 1. The Kier molecular flexibility index (Phi) is 5.86. The summed E-state index contributed by atoms with van der Waals surface area (Å²) in [4.78, 5) is 3.07. The summed E-state index contributed by atoms with van der Waals surface area (Å²) in [5.41, 5.74) is 4.64. The Hall–Kier alpha value is -0.380. The topological polar surface area (TPSA) is 38.0 Å². The van der Waals surface area contributed by atoms with Gasteiger partial charge in [0.25, 0.3) is 0 Å². The lowest BCUT2D eigenvalue weighted by atomic mass is 9.91. The molecule has 3 heteroatoms. The third kappa shape index (κ3) is 3.80. The van der Waals surface area contributed by atoms with Crippen LogP contribution in [0.25, 0.3) is 0 Å². The van der Waals surface area contributed by atoms with Gasteiger partial charge in [-0.05, 0) is 43.2 Å². The summed E-state index contributed by atoms with van der Waals surface area (Å²) >= 11 is 1.99. The number of hydrogen-bond donors (Lipinski definition) is 2. The maximum atomic E-state index is 5.81. The zero-order valence-electron chi connectivity index (χ0n) is 12.4. The van der Waals surface area contributed by atoms with E-state index in [1.54, 1.807) is 10.4 Å². The molecule has 19 heavy (non-hydrogen) atoms. The molecular weight excluding hydrogens is 252 g/mol. The average molecular weight is 280 g/mol. The number of nitrogens with two attached hydrogens (primary N) is 1. The van der Waals surface area contributed by atoms with E-state index in [1.165, 1.54) is 56.2 Å². The second-order valence-corrected chi connectivity index (χ2v) is 6.99. The molecule has 0 bridgehead atoms. The van der Waals surface area contributed by atoms with Crippen molar-refractivity contribution in [3.63, 3.8) is 0 Å². The van der Waals surface area contributed by atoms with Crippen LogP contribution in [0.15, 0.2) is 6.07 Å². The van der Waals surface area contributed by atoms with Gasteiger partial charge >= 0.3 is 0 Å². The predicted molar refractivity (Wildman–Crippen MR) is 84.3 cm³/mol. The van der Waals surface area contributed by atoms with Gasteiger partial charge < -0.3 is 0 Å². The Morgan fingerprint density at radius 1 is 1.37 bits per heavy atom. The van der Waals surface area contributed by atoms with Crippen molar-refractivity contribution in [3.8, 4) is 0 Å². The Bertz CT molecular complexity index is 365. The maximum Gasteiger partial charge on any atom is 0.0556 e. The third-order valence-corrected chi connectivity index (χ3v) is 5.77. The van der Waals surface area contributed by atoms with E-state index >= 15 is 0 Å². The monoisotopic (exact) mass is 280 g/mol. The fraction of sp³-hybridized carbons (Fsp3) is 0.750. The lowest BCUT2D eigenvalue weighted by molar-refractivity contribution is 0.359. The molecule has 1 aromatic heterocycles. The molecule has 1 aromatic rings. The van der Waals surface area contributed by atoms with Gasteiger partial charge in [-0.25, -0.2) is 0 Å². The Morgan fingerprint density at radius 2 is 2.21 bits per heavy atom. The van der Waals surface area contributed by atoms with Crippen molar-refractivity contribution in [3.05, 3.63) is 21.4 Å². The molecule has 3 N–H and O–H groups in total. The summed E-state index contributed by atoms with van der Waals surface area (Å²) in [6.45, 7) is 4.58. The highest BCUT2D eigenvalue weighted by molar-refractivity contribution is 7.12. The summed E-state index contributed by atoms with van der Waals surface area (Å²) in [5, 5.41) is 0. The molecule has 2 atom stereocenters. The molecule has 1 heterocycles. The van der Waals surface area contributed by atoms with E-state index in [1.807, 2.05) is 11.3 Å². The van der Waals surface area contributed by atoms with Gasteiger partial charge in [0.2, 0.25) is 0 Å². The Morgan fingerprint density at radius 3 is 2.84 bits per heavy atom. The van der Waals surface area contributed by atoms with Crippen molar-refractivity contribution in [1.82, 2.24) is 5.43 Å². The lowest BCUT2D eigenvalue weighted by Gasteiger charge is -2.21. The lowest BCUT2D eigenvalue weighted by Crippen LogP contribution is -2.29. The number of rotatable bonds is 8. The van der Waals surface area contributed by atoms with Gasteiger partial charge in [0.05, 0.1) is 6.04 Å². The predicted octanol–water partition coefficient (Wildman–Crippen LogP) is 4.35. The zero-order valence-corrected chi connectivity index (χ0v) is 13.2. The zero-order chi connectivity index (χ0) is 13.7. The number of hydrazine groups is 1. The molecule has 0 spiro atoms. The molecule has 0 aromatic carbocycles. The van der Waals surface area contributed by atoms with Gasteiger partial charge in [-0.15, -0.1) is 11.3 Å². The maximum absolute atomic E-state index is 5.81. The fourth-order valence-corrected chi connectivity index (χ4v) is 4.44. The van der Waals surface area contributed by atoms with Crippen LogP contribution in [0.2, 0.25) is 0 Å². The van der Waals surface area contributed by atoms with Gasteiger partial charge in [-0.3, -0.25) is 11.3 Å². The molecule has 0 aliphatic heterocycles. The van der Waals surface area contributed by atoms with Crippen LogP contribution in [0.4, 0.5) is 0 Å². The molecule has 0 saturated carbocycles. The number of unbranched alkanes of at least 4 members (excludes halogenated alkanes) is 1. The van der Waals surface area contributed by atoms with Crippen LogP contribution in [-0.4, -0.2) is 0 Å². The number of fused-ring (bicyclic) bond motifs is 1. The summed E-state index contributed by atoms with van der Waals surface area (Å²) < 4.78 is 0. The van der Waals surface area contributed by atoms with Crippen LogP contribution in [0.1, 0.15) is 73.7 Å². The van der Waals surface area contributed by atoms with Crippen LogP contribution >= 0.6 is 11.3 Å². The summed E-state index contributed by atoms with van der Waals surface area (Å²) in [5.74, 6) is 6.62. The van der Waals surface area contributed by atoms with Crippen LogP contribution < -0.4 is 11.3 Å². The molecule has 2 unspecified atom stereocenters. The first-order valence-electron chi connectivity index (χ1n) is 7.86. The van der Waals surface area contributed by atoms with Crippen LogP contribution in [0.3, 0.4) is 0 Å². The normalized spacial score (nSPS) is 17.4. The molecule has 2 rings (SSSR count). The minimum atomic E-state index is 0.359. The van der Waals surface area contributed by atoms with Crippen molar-refractivity contribution in [2.24, 2.45) is 11.8 Å². The van der Waals surface area contributed by atoms with Crippen molar-refractivity contribution in [2.75, 3.05) is 0 Å². The molecule has 0 saturated heterocycles. The van der Waals surface area contributed by atoms with Crippen molar-refractivity contribution in [2.45, 2.75) is 71.3 Å². The van der Waals surface area contributed by atoms with Crippen molar-refractivity contribution in [1.29, 1.82) is 0 Å². The van der Waals surface area contributed by atoms with E-state index in [0.29, 0.717) is 6.04 Å². The molecule has 0 radical (unpaired) electrons. The Balaban J connectivity index is 1.98. The van der Waals surface area contributed by atoms with E-state index in [2.05, 4.69) is 25.3 Å². The second-order valence-electron chi connectivity index (χ2n) is 5.82. The molecule has 0 amide bonds. The van der Waals surface area contributed by atoms with Crippen LogP contribution in [0, 0.1) is 5.92 Å². The number of hydrogen-bond acceptors (Lipinski definition) is 3. The second kappa shape index (κ2) is 7.41. The average Bonchev–Trinajstić information content (AvgIpc) is 3.00. The SMILES string of the molecule is CCCCC(CC)CC(NN)c1cc2c(s1)CCC2.